The number of aromatic nitrogens is 1. The van der Waals surface area contributed by atoms with Crippen molar-refractivity contribution in [2.24, 2.45) is 5.73 Å². The zero-order valence-electron chi connectivity index (χ0n) is 16.6. The summed E-state index contributed by atoms with van der Waals surface area (Å²) in [5, 5.41) is 13.7. The number of aryl methyl sites for hydroxylation is 3. The van der Waals surface area contributed by atoms with E-state index in [0.29, 0.717) is 29.1 Å². The SMILES string of the molecule is Cc1nc(C)c(COc2ccc3oc(C)c(C(=O)N[C@H](C(N)=O)[C@@H](C)O)c3c2)s1. The zero-order valence-corrected chi connectivity index (χ0v) is 17.4. The molecule has 0 unspecified atom stereocenters. The van der Waals surface area contributed by atoms with Crippen molar-refractivity contribution >= 4 is 34.1 Å². The van der Waals surface area contributed by atoms with Crippen molar-refractivity contribution < 1.29 is 23.8 Å². The first kappa shape index (κ1) is 20.8. The fourth-order valence-corrected chi connectivity index (χ4v) is 3.92. The van der Waals surface area contributed by atoms with Crippen LogP contribution < -0.4 is 15.8 Å². The highest BCUT2D eigenvalue weighted by Crippen LogP contribution is 2.30. The highest BCUT2D eigenvalue weighted by molar-refractivity contribution is 7.11. The molecule has 0 saturated carbocycles. The Hall–Kier alpha value is -2.91. The van der Waals surface area contributed by atoms with Crippen LogP contribution in [0, 0.1) is 20.8 Å². The molecule has 0 aliphatic heterocycles. The number of aliphatic hydroxyl groups is 1. The largest absolute Gasteiger partial charge is 0.488 e. The van der Waals surface area contributed by atoms with E-state index in [9.17, 15) is 14.7 Å². The van der Waals surface area contributed by atoms with Crippen LogP contribution >= 0.6 is 11.3 Å². The molecule has 29 heavy (non-hydrogen) atoms. The number of fused-ring (bicyclic) bond motifs is 1. The molecule has 3 rings (SSSR count). The van der Waals surface area contributed by atoms with Crippen molar-refractivity contribution in [3.05, 3.63) is 45.1 Å². The first-order valence-electron chi connectivity index (χ1n) is 9.04. The molecule has 3 aromatic rings. The maximum Gasteiger partial charge on any atom is 0.256 e. The van der Waals surface area contributed by atoms with E-state index in [4.69, 9.17) is 14.9 Å². The molecule has 0 radical (unpaired) electrons. The molecular weight excluding hydrogens is 394 g/mol. The lowest BCUT2D eigenvalue weighted by Gasteiger charge is -2.17. The maximum atomic E-state index is 12.8. The molecule has 2 aromatic heterocycles. The molecule has 4 N–H and O–H groups in total. The molecule has 154 valence electrons. The minimum absolute atomic E-state index is 0.266. The van der Waals surface area contributed by atoms with Gasteiger partial charge in [-0.3, -0.25) is 9.59 Å². The summed E-state index contributed by atoms with van der Waals surface area (Å²) in [6.07, 6.45) is -1.13. The molecule has 9 heteroatoms. The monoisotopic (exact) mass is 417 g/mol. The zero-order chi connectivity index (χ0) is 21.3. The van der Waals surface area contributed by atoms with Crippen LogP contribution in [0.5, 0.6) is 5.75 Å². The molecule has 2 amide bonds. The Morgan fingerprint density at radius 2 is 2.07 bits per heavy atom. The van der Waals surface area contributed by atoms with Gasteiger partial charge in [0.25, 0.3) is 5.91 Å². The molecule has 8 nitrogen and oxygen atoms in total. The Bertz CT molecular complexity index is 1070. The van der Waals surface area contributed by atoms with E-state index in [2.05, 4.69) is 10.3 Å². The predicted molar refractivity (Wildman–Crippen MR) is 109 cm³/mol. The molecule has 2 heterocycles. The van der Waals surface area contributed by atoms with E-state index in [1.54, 1.807) is 36.5 Å². The van der Waals surface area contributed by atoms with Crippen molar-refractivity contribution in [3.63, 3.8) is 0 Å². The molecule has 0 fully saturated rings. The molecule has 0 saturated heterocycles. The Morgan fingerprint density at radius 3 is 2.66 bits per heavy atom. The Morgan fingerprint density at radius 1 is 1.34 bits per heavy atom. The normalized spacial score (nSPS) is 13.3. The topological polar surface area (TPSA) is 128 Å². The number of carbonyl (C=O) groups excluding carboxylic acids is 2. The minimum atomic E-state index is -1.20. The van der Waals surface area contributed by atoms with Crippen molar-refractivity contribution in [1.82, 2.24) is 10.3 Å². The number of furan rings is 1. The predicted octanol–water partition coefficient (Wildman–Crippen LogP) is 2.36. The number of rotatable bonds is 7. The van der Waals surface area contributed by atoms with Gasteiger partial charge < -0.3 is 25.3 Å². The summed E-state index contributed by atoms with van der Waals surface area (Å²) in [5.41, 5.74) is 6.97. The number of thiazole rings is 1. The smallest absolute Gasteiger partial charge is 0.256 e. The number of amides is 2. The lowest BCUT2D eigenvalue weighted by Crippen LogP contribution is -2.50. The van der Waals surface area contributed by atoms with E-state index < -0.39 is 24.0 Å². The number of primary amides is 1. The minimum Gasteiger partial charge on any atom is -0.488 e. The van der Waals surface area contributed by atoms with Crippen LogP contribution in [-0.4, -0.2) is 34.1 Å². The molecule has 0 spiro atoms. The molecule has 1 aromatic carbocycles. The van der Waals surface area contributed by atoms with Gasteiger partial charge in [0.05, 0.1) is 27.2 Å². The van der Waals surface area contributed by atoms with E-state index in [0.717, 1.165) is 15.6 Å². The molecule has 0 aliphatic carbocycles. The van der Waals surface area contributed by atoms with Crippen LogP contribution in [0.25, 0.3) is 11.0 Å². The third kappa shape index (κ3) is 4.41. The molecule has 0 bridgehead atoms. The van der Waals surface area contributed by atoms with Crippen molar-refractivity contribution in [3.8, 4) is 5.75 Å². The number of hydrogen-bond donors (Lipinski definition) is 3. The van der Waals surface area contributed by atoms with Gasteiger partial charge in [-0.15, -0.1) is 11.3 Å². The number of nitrogens with one attached hydrogen (secondary N) is 1. The molecule has 2 atom stereocenters. The van der Waals surface area contributed by atoms with Crippen LogP contribution in [0.2, 0.25) is 0 Å². The number of hydrogen-bond acceptors (Lipinski definition) is 7. The maximum absolute atomic E-state index is 12.8. The van der Waals surface area contributed by atoms with Gasteiger partial charge in [0.15, 0.2) is 0 Å². The van der Waals surface area contributed by atoms with Gasteiger partial charge in [0.2, 0.25) is 5.91 Å². The Balaban J connectivity index is 1.87. The Labute approximate surface area is 171 Å². The van der Waals surface area contributed by atoms with Crippen LogP contribution in [0.1, 0.15) is 38.6 Å². The third-order valence-electron chi connectivity index (χ3n) is 4.51. The second kappa shape index (κ2) is 8.22. The highest BCUT2D eigenvalue weighted by atomic mass is 32.1. The van der Waals surface area contributed by atoms with E-state index in [-0.39, 0.29) is 5.56 Å². The number of benzene rings is 1. The first-order valence-corrected chi connectivity index (χ1v) is 9.86. The first-order chi connectivity index (χ1) is 13.7. The number of aliphatic hydroxyl groups excluding tert-OH is 1. The number of ether oxygens (including phenoxy) is 1. The van der Waals surface area contributed by atoms with E-state index in [1.165, 1.54) is 6.92 Å². The van der Waals surface area contributed by atoms with Crippen molar-refractivity contribution in [1.29, 1.82) is 0 Å². The van der Waals surface area contributed by atoms with E-state index in [1.807, 2.05) is 13.8 Å². The average molecular weight is 417 g/mol. The second-order valence-electron chi connectivity index (χ2n) is 6.82. The number of nitrogens with two attached hydrogens (primary N) is 1. The molecule has 0 aliphatic rings. The van der Waals surface area contributed by atoms with Gasteiger partial charge in [0.1, 0.15) is 29.7 Å². The summed E-state index contributed by atoms with van der Waals surface area (Å²) in [4.78, 5) is 29.7. The van der Waals surface area contributed by atoms with E-state index >= 15 is 0 Å². The van der Waals surface area contributed by atoms with Gasteiger partial charge in [-0.05, 0) is 45.9 Å². The Kier molecular flexibility index (Phi) is 5.90. The standard InChI is InChI=1S/C20H23N3O5S/c1-9-16(29-12(4)22-9)8-27-13-5-6-15-14(7-13)17(11(3)28-15)20(26)23-18(10(2)24)19(21)25/h5-7,10,18,24H,8H2,1-4H3,(H2,21,25)(H,23,26)/t10-,18+/m1/s1. The van der Waals surface area contributed by atoms with Crippen LogP contribution in [0.3, 0.4) is 0 Å². The number of carbonyl (C=O) groups is 2. The van der Waals surface area contributed by atoms with Gasteiger partial charge in [-0.1, -0.05) is 0 Å². The lowest BCUT2D eigenvalue weighted by molar-refractivity contribution is -0.122. The summed E-state index contributed by atoms with van der Waals surface area (Å²) >= 11 is 1.58. The summed E-state index contributed by atoms with van der Waals surface area (Å²) in [5.74, 6) is -0.424. The molecular formula is C20H23N3O5S. The number of nitrogens with zero attached hydrogens (tertiary/aromatic N) is 1. The second-order valence-corrected chi connectivity index (χ2v) is 8.10. The average Bonchev–Trinajstić information content (AvgIpc) is 3.14. The quantitative estimate of drug-likeness (QED) is 0.541. The summed E-state index contributed by atoms with van der Waals surface area (Å²) in [7, 11) is 0. The fraction of sp³-hybridized carbons (Fsp3) is 0.350. The van der Waals surface area contributed by atoms with Crippen molar-refractivity contribution in [2.75, 3.05) is 0 Å². The van der Waals surface area contributed by atoms with Gasteiger partial charge in [-0.25, -0.2) is 4.98 Å². The van der Waals surface area contributed by atoms with Crippen molar-refractivity contribution in [2.45, 2.75) is 46.4 Å². The lowest BCUT2D eigenvalue weighted by atomic mass is 10.1. The summed E-state index contributed by atoms with van der Waals surface area (Å²) < 4.78 is 11.5. The van der Waals surface area contributed by atoms with Crippen LogP contribution in [-0.2, 0) is 11.4 Å². The summed E-state index contributed by atoms with van der Waals surface area (Å²) in [6, 6.07) is 3.99. The van der Waals surface area contributed by atoms with Gasteiger partial charge in [0, 0.05) is 5.39 Å². The van der Waals surface area contributed by atoms with Crippen LogP contribution in [0.4, 0.5) is 0 Å². The summed E-state index contributed by atoms with van der Waals surface area (Å²) in [6.45, 7) is 7.28. The fourth-order valence-electron chi connectivity index (χ4n) is 3.07. The van der Waals surface area contributed by atoms with Gasteiger partial charge in [-0.2, -0.15) is 0 Å². The highest BCUT2D eigenvalue weighted by Gasteiger charge is 2.27. The van der Waals surface area contributed by atoms with Gasteiger partial charge >= 0.3 is 0 Å². The third-order valence-corrected chi connectivity index (χ3v) is 5.55. The van der Waals surface area contributed by atoms with Crippen LogP contribution in [0.15, 0.2) is 22.6 Å².